The van der Waals surface area contributed by atoms with Crippen LogP contribution in [-0.4, -0.2) is 21.5 Å². The Balaban J connectivity index is 2.84. The van der Waals surface area contributed by atoms with Crippen molar-refractivity contribution in [3.05, 3.63) is 39.9 Å². The van der Waals surface area contributed by atoms with Gasteiger partial charge in [0.1, 0.15) is 0 Å². The molecule has 6 heteroatoms. The Morgan fingerprint density at radius 3 is 2.27 bits per heavy atom. The number of hydrogen-bond donors (Lipinski definition) is 1. The van der Waals surface area contributed by atoms with Crippen LogP contribution in [0.3, 0.4) is 0 Å². The highest BCUT2D eigenvalue weighted by atomic mass is 79.9. The van der Waals surface area contributed by atoms with Gasteiger partial charge in [0.05, 0.1) is 21.2 Å². The van der Waals surface area contributed by atoms with Crippen molar-refractivity contribution in [2.75, 3.05) is 6.61 Å². The van der Waals surface area contributed by atoms with Crippen LogP contribution in [0.2, 0.25) is 0 Å². The van der Waals surface area contributed by atoms with Gasteiger partial charge in [-0.1, -0.05) is 44.0 Å². The molecule has 0 saturated heterocycles. The molecule has 0 aromatic heterocycles. The average molecular weight is 339 g/mol. The van der Waals surface area contributed by atoms with Gasteiger partial charge in [-0.25, -0.2) is 0 Å². The predicted octanol–water partition coefficient (Wildman–Crippen LogP) is 2.79. The number of aliphatic hydroxyl groups excluding tert-OH is 1. The maximum Gasteiger partial charge on any atom is 0.269 e. The Bertz CT molecular complexity index is 342. The number of non-ortho nitro benzene ring substituents is 1. The summed E-state index contributed by atoms with van der Waals surface area (Å²) >= 11 is 6.69. The van der Waals surface area contributed by atoms with Gasteiger partial charge in [0.2, 0.25) is 0 Å². The average Bonchev–Trinajstić information content (AvgIpc) is 2.27. The smallest absolute Gasteiger partial charge is 0.269 e. The number of benzene rings is 1. The molecule has 0 spiro atoms. The Hall–Kier alpha value is -0.460. The lowest BCUT2D eigenvalue weighted by molar-refractivity contribution is -0.384. The van der Waals surface area contributed by atoms with E-state index >= 15 is 0 Å². The molecule has 1 aromatic rings. The number of hydrogen-bond acceptors (Lipinski definition) is 3. The summed E-state index contributed by atoms with van der Waals surface area (Å²) in [6.45, 7) is -0.00704. The molecule has 0 bridgehead atoms. The first kappa shape index (κ1) is 12.6. The Morgan fingerprint density at radius 1 is 1.33 bits per heavy atom. The van der Waals surface area contributed by atoms with E-state index in [-0.39, 0.29) is 21.9 Å². The van der Waals surface area contributed by atoms with Gasteiger partial charge in [0.25, 0.3) is 5.69 Å². The standard InChI is InChI=1S/C9H9Br2NO3/c10-8(5-13)9(11)6-1-3-7(4-2-6)12(14)15/h1-4,8-9,13H,5H2/t8-,9+/m0/s1. The second kappa shape index (κ2) is 5.58. The molecule has 0 amide bonds. The second-order valence-corrected chi connectivity index (χ2v) is 5.11. The molecule has 0 saturated carbocycles. The molecule has 1 aromatic carbocycles. The Kier molecular flexibility index (Phi) is 4.69. The highest BCUT2D eigenvalue weighted by Gasteiger charge is 2.17. The van der Waals surface area contributed by atoms with Crippen LogP contribution in [0.1, 0.15) is 10.4 Å². The van der Waals surface area contributed by atoms with Gasteiger partial charge in [0, 0.05) is 12.1 Å². The summed E-state index contributed by atoms with van der Waals surface area (Å²) < 4.78 is 0. The minimum atomic E-state index is -0.440. The summed E-state index contributed by atoms with van der Waals surface area (Å²) in [7, 11) is 0. The highest BCUT2D eigenvalue weighted by Crippen LogP contribution is 2.31. The zero-order valence-corrected chi connectivity index (χ0v) is 10.8. The van der Waals surface area contributed by atoms with Crippen LogP contribution in [0, 0.1) is 10.1 Å². The van der Waals surface area contributed by atoms with E-state index in [1.807, 2.05) is 0 Å². The third-order valence-corrected chi connectivity index (χ3v) is 4.61. The third kappa shape index (κ3) is 3.25. The minimum Gasteiger partial charge on any atom is -0.395 e. The molecule has 0 aliphatic rings. The fourth-order valence-corrected chi connectivity index (χ4v) is 1.86. The van der Waals surface area contributed by atoms with E-state index in [1.165, 1.54) is 12.1 Å². The first-order valence-corrected chi connectivity index (χ1v) is 6.02. The molecule has 0 aliphatic heterocycles. The maximum atomic E-state index is 10.4. The largest absolute Gasteiger partial charge is 0.395 e. The molecule has 0 heterocycles. The number of nitro benzene ring substituents is 1. The Morgan fingerprint density at radius 2 is 1.87 bits per heavy atom. The lowest BCUT2D eigenvalue weighted by atomic mass is 10.1. The fraction of sp³-hybridized carbons (Fsp3) is 0.333. The summed E-state index contributed by atoms with van der Waals surface area (Å²) in [6.07, 6.45) is 0. The SMILES string of the molecule is O=[N+]([O-])c1ccc([C@@H](Br)[C@@H](Br)CO)cc1. The normalized spacial score (nSPS) is 14.6. The molecule has 0 unspecified atom stereocenters. The van der Waals surface area contributed by atoms with Gasteiger partial charge in [-0.15, -0.1) is 0 Å². The topological polar surface area (TPSA) is 63.4 Å². The van der Waals surface area contributed by atoms with Crippen molar-refractivity contribution in [1.29, 1.82) is 0 Å². The van der Waals surface area contributed by atoms with Gasteiger partial charge in [-0.05, 0) is 5.56 Å². The molecular weight excluding hydrogens is 330 g/mol. The van der Waals surface area contributed by atoms with E-state index in [9.17, 15) is 10.1 Å². The summed E-state index contributed by atoms with van der Waals surface area (Å²) in [6, 6.07) is 6.23. The van der Waals surface area contributed by atoms with Crippen molar-refractivity contribution in [3.63, 3.8) is 0 Å². The van der Waals surface area contributed by atoms with Gasteiger partial charge in [-0.2, -0.15) is 0 Å². The van der Waals surface area contributed by atoms with E-state index in [2.05, 4.69) is 31.9 Å². The number of alkyl halides is 2. The first-order chi connectivity index (χ1) is 7.06. The highest BCUT2D eigenvalue weighted by molar-refractivity contribution is 9.12. The molecule has 0 aliphatic carbocycles. The van der Waals surface area contributed by atoms with Crippen LogP contribution >= 0.6 is 31.9 Å². The van der Waals surface area contributed by atoms with Crippen LogP contribution in [0.25, 0.3) is 0 Å². The molecular formula is C9H9Br2NO3. The maximum absolute atomic E-state index is 10.4. The van der Waals surface area contributed by atoms with Crippen LogP contribution in [0.5, 0.6) is 0 Å². The lowest BCUT2D eigenvalue weighted by Crippen LogP contribution is -2.10. The van der Waals surface area contributed by atoms with E-state index in [1.54, 1.807) is 12.1 Å². The van der Waals surface area contributed by atoms with E-state index in [4.69, 9.17) is 5.11 Å². The quantitative estimate of drug-likeness (QED) is 0.521. The zero-order chi connectivity index (χ0) is 11.4. The Labute approximate surface area is 104 Å². The zero-order valence-electron chi connectivity index (χ0n) is 7.64. The molecule has 15 heavy (non-hydrogen) atoms. The number of nitro groups is 1. The molecule has 0 fully saturated rings. The summed E-state index contributed by atoms with van der Waals surface area (Å²) in [5, 5.41) is 19.3. The lowest BCUT2D eigenvalue weighted by Gasteiger charge is -2.14. The van der Waals surface area contributed by atoms with Crippen molar-refractivity contribution in [3.8, 4) is 0 Å². The van der Waals surface area contributed by atoms with Crippen molar-refractivity contribution >= 4 is 37.5 Å². The van der Waals surface area contributed by atoms with Crippen LogP contribution in [0.4, 0.5) is 5.69 Å². The molecule has 1 N–H and O–H groups in total. The van der Waals surface area contributed by atoms with Crippen LogP contribution in [-0.2, 0) is 0 Å². The van der Waals surface area contributed by atoms with Gasteiger partial charge in [0.15, 0.2) is 0 Å². The molecule has 1 rings (SSSR count). The first-order valence-electron chi connectivity index (χ1n) is 4.19. The summed E-state index contributed by atoms with van der Waals surface area (Å²) in [4.78, 5) is 9.80. The van der Waals surface area contributed by atoms with Crippen LogP contribution in [0.15, 0.2) is 24.3 Å². The molecule has 82 valence electrons. The van der Waals surface area contributed by atoms with E-state index in [0.717, 1.165) is 5.56 Å². The van der Waals surface area contributed by atoms with Crippen molar-refractivity contribution in [1.82, 2.24) is 0 Å². The third-order valence-electron chi connectivity index (χ3n) is 1.91. The predicted molar refractivity (Wildman–Crippen MR) is 64.6 cm³/mol. The van der Waals surface area contributed by atoms with E-state index in [0.29, 0.717) is 0 Å². The van der Waals surface area contributed by atoms with Crippen molar-refractivity contribution < 1.29 is 10.0 Å². The van der Waals surface area contributed by atoms with Crippen molar-refractivity contribution in [2.24, 2.45) is 0 Å². The van der Waals surface area contributed by atoms with Gasteiger partial charge in [-0.3, -0.25) is 10.1 Å². The van der Waals surface area contributed by atoms with Crippen LogP contribution < -0.4 is 0 Å². The number of halogens is 2. The van der Waals surface area contributed by atoms with Gasteiger partial charge >= 0.3 is 0 Å². The summed E-state index contributed by atoms with van der Waals surface area (Å²) in [5.74, 6) is 0. The van der Waals surface area contributed by atoms with Gasteiger partial charge < -0.3 is 5.11 Å². The molecule has 0 radical (unpaired) electrons. The fourth-order valence-electron chi connectivity index (χ4n) is 1.08. The number of rotatable bonds is 4. The number of nitrogens with zero attached hydrogens (tertiary/aromatic N) is 1. The minimum absolute atomic E-state index is 0.00704. The number of aliphatic hydroxyl groups is 1. The monoisotopic (exact) mass is 337 g/mol. The molecule has 2 atom stereocenters. The van der Waals surface area contributed by atoms with Crippen molar-refractivity contribution in [2.45, 2.75) is 9.65 Å². The second-order valence-electron chi connectivity index (χ2n) is 2.95. The summed E-state index contributed by atoms with van der Waals surface area (Å²) in [5.41, 5.74) is 0.949. The molecule has 4 nitrogen and oxygen atoms in total. The van der Waals surface area contributed by atoms with E-state index < -0.39 is 4.92 Å².